The number of unbranched alkanes of at least 4 members (excludes halogenated alkanes) is 22. The molecule has 1 aliphatic heterocycles. The van der Waals surface area contributed by atoms with Gasteiger partial charge in [0.25, 0.3) is 0 Å². The fraction of sp³-hybridized carbons (Fsp3) is 0.808. The number of rotatable bonds is 43. The molecule has 0 radical (unpaired) electrons. The molecule has 1 fully saturated rings. The van der Waals surface area contributed by atoms with Crippen LogP contribution in [-0.2, 0) is 0 Å². The molecule has 57 heavy (non-hydrogen) atoms. The van der Waals surface area contributed by atoms with Gasteiger partial charge < -0.3 is 21.3 Å². The summed E-state index contributed by atoms with van der Waals surface area (Å²) in [5.41, 5.74) is 6.20. The van der Waals surface area contributed by atoms with Crippen LogP contribution in [0.2, 0.25) is 0 Å². The molecule has 0 bridgehead atoms. The molecule has 0 aliphatic carbocycles. The predicted molar refractivity (Wildman–Crippen MR) is 259 cm³/mol. The molecule has 5 nitrogen and oxygen atoms in total. The first-order valence-corrected chi connectivity index (χ1v) is 25.0. The summed E-state index contributed by atoms with van der Waals surface area (Å²) in [4.78, 5) is 2.51. The second-order valence-electron chi connectivity index (χ2n) is 17.1. The van der Waals surface area contributed by atoms with E-state index in [4.69, 9.17) is 0 Å². The van der Waals surface area contributed by atoms with Crippen LogP contribution in [0, 0.1) is 0 Å². The van der Waals surface area contributed by atoms with Gasteiger partial charge in [-0.3, -0.25) is 4.90 Å². The molecule has 0 spiro atoms. The monoisotopic (exact) mass is 796 g/mol. The molecule has 1 rings (SSSR count). The first-order valence-electron chi connectivity index (χ1n) is 25.0. The maximum atomic E-state index is 4.26. The van der Waals surface area contributed by atoms with Crippen molar-refractivity contribution in [1.29, 1.82) is 0 Å². The molecule has 0 amide bonds. The fourth-order valence-corrected chi connectivity index (χ4v) is 7.76. The third-order valence-corrected chi connectivity index (χ3v) is 11.4. The van der Waals surface area contributed by atoms with Crippen molar-refractivity contribution in [1.82, 2.24) is 26.2 Å². The minimum atomic E-state index is 1.00. The Kier molecular flexibility index (Phi) is 41.8. The van der Waals surface area contributed by atoms with E-state index in [1.54, 1.807) is 0 Å². The summed E-state index contributed by atoms with van der Waals surface area (Å²) in [6, 6.07) is 0. The van der Waals surface area contributed by atoms with Crippen molar-refractivity contribution in [2.75, 3.05) is 45.8 Å². The SMILES string of the molecule is C=C1CCCN(CCNC(=C)CCCCCCCNC(=C)CCCCCCCNC(=C)CCCNC(=C)CCCCCCCCCCCCCCCCC)C1.CC. The summed E-state index contributed by atoms with van der Waals surface area (Å²) < 4.78 is 0. The van der Waals surface area contributed by atoms with E-state index in [9.17, 15) is 0 Å². The smallest absolute Gasteiger partial charge is 0.0271 e. The zero-order valence-electron chi connectivity index (χ0n) is 39.1. The summed E-state index contributed by atoms with van der Waals surface area (Å²) in [6.07, 6.45) is 42.0. The van der Waals surface area contributed by atoms with E-state index in [2.05, 4.69) is 66.0 Å². The molecule has 1 heterocycles. The standard InChI is InChI=1S/C50H95N5.C2H6/c1-7-8-9-10-11-12-13-14-15-16-17-18-19-22-27-36-48(4)53-41-32-38-50(6)52-40-31-26-20-23-28-35-47(3)51-39-30-25-21-24-29-37-49(5)54-42-44-55-43-33-34-46(2)45-55;1-2/h51-54H,2-45H2,1H3;1-2H3. The fourth-order valence-electron chi connectivity index (χ4n) is 7.76. The van der Waals surface area contributed by atoms with Gasteiger partial charge in [-0.1, -0.05) is 188 Å². The number of nitrogens with zero attached hydrogens (tertiary/aromatic N) is 1. The second kappa shape index (κ2) is 43.4. The molecule has 0 atom stereocenters. The first kappa shape index (κ1) is 54.9. The zero-order valence-corrected chi connectivity index (χ0v) is 39.1. The number of hydrogen-bond donors (Lipinski definition) is 4. The Morgan fingerprint density at radius 3 is 1.14 bits per heavy atom. The van der Waals surface area contributed by atoms with E-state index in [0.29, 0.717) is 0 Å². The van der Waals surface area contributed by atoms with Crippen molar-refractivity contribution in [2.45, 2.75) is 226 Å². The highest BCUT2D eigenvalue weighted by molar-refractivity contribution is 5.01. The molecule has 334 valence electrons. The summed E-state index contributed by atoms with van der Waals surface area (Å²) in [7, 11) is 0. The van der Waals surface area contributed by atoms with Crippen LogP contribution in [0.4, 0.5) is 0 Å². The van der Waals surface area contributed by atoms with Gasteiger partial charge >= 0.3 is 0 Å². The highest BCUT2D eigenvalue weighted by Crippen LogP contribution is 2.16. The minimum absolute atomic E-state index is 1.00. The molecule has 1 saturated heterocycles. The molecule has 0 saturated carbocycles. The van der Waals surface area contributed by atoms with Gasteiger partial charge in [-0.25, -0.2) is 0 Å². The number of hydrogen-bond acceptors (Lipinski definition) is 5. The Bertz CT molecular complexity index is 954. The Hall–Kier alpha value is -2.14. The lowest BCUT2D eigenvalue weighted by Gasteiger charge is -2.28. The van der Waals surface area contributed by atoms with Crippen LogP contribution in [-0.4, -0.2) is 50.7 Å². The lowest BCUT2D eigenvalue weighted by atomic mass is 10.0. The highest BCUT2D eigenvalue weighted by Gasteiger charge is 2.12. The molecule has 1 aliphatic rings. The first-order chi connectivity index (χ1) is 27.9. The van der Waals surface area contributed by atoms with Gasteiger partial charge in [-0.2, -0.15) is 0 Å². The van der Waals surface area contributed by atoms with Crippen molar-refractivity contribution in [3.8, 4) is 0 Å². The Labute approximate surface area is 358 Å². The summed E-state index contributed by atoms with van der Waals surface area (Å²) >= 11 is 0. The maximum absolute atomic E-state index is 4.26. The van der Waals surface area contributed by atoms with E-state index in [1.165, 1.54) is 208 Å². The van der Waals surface area contributed by atoms with Gasteiger partial charge in [-0.05, 0) is 83.6 Å². The van der Waals surface area contributed by atoms with E-state index in [0.717, 1.165) is 71.4 Å². The summed E-state index contributed by atoms with van der Waals surface area (Å²) in [5, 5.41) is 14.2. The van der Waals surface area contributed by atoms with Gasteiger partial charge in [0.2, 0.25) is 0 Å². The van der Waals surface area contributed by atoms with E-state index in [-0.39, 0.29) is 0 Å². The van der Waals surface area contributed by atoms with Crippen LogP contribution >= 0.6 is 0 Å². The number of piperidine rings is 1. The highest BCUT2D eigenvalue weighted by atomic mass is 15.1. The Morgan fingerprint density at radius 2 is 0.754 bits per heavy atom. The maximum Gasteiger partial charge on any atom is 0.0271 e. The third-order valence-electron chi connectivity index (χ3n) is 11.4. The van der Waals surface area contributed by atoms with Crippen molar-refractivity contribution in [2.24, 2.45) is 0 Å². The van der Waals surface area contributed by atoms with Crippen molar-refractivity contribution < 1.29 is 0 Å². The average Bonchev–Trinajstić information content (AvgIpc) is 3.20. The summed E-state index contributed by atoms with van der Waals surface area (Å²) in [6.45, 7) is 35.0. The molecule has 4 N–H and O–H groups in total. The number of nitrogens with one attached hydrogen (secondary N) is 4. The van der Waals surface area contributed by atoms with Crippen LogP contribution in [0.3, 0.4) is 0 Å². The lowest BCUT2D eigenvalue weighted by molar-refractivity contribution is 0.268. The van der Waals surface area contributed by atoms with Gasteiger partial charge in [0.05, 0.1) is 0 Å². The van der Waals surface area contributed by atoms with E-state index < -0.39 is 0 Å². The number of likely N-dealkylation sites (tertiary alicyclic amines) is 1. The molecule has 0 unspecified atom stereocenters. The van der Waals surface area contributed by atoms with E-state index >= 15 is 0 Å². The normalized spacial score (nSPS) is 12.8. The largest absolute Gasteiger partial charge is 0.389 e. The Balaban J connectivity index is 0.0000154. The third kappa shape index (κ3) is 40.4. The van der Waals surface area contributed by atoms with Gasteiger partial charge in [0.1, 0.15) is 0 Å². The van der Waals surface area contributed by atoms with Crippen molar-refractivity contribution in [3.05, 3.63) is 61.3 Å². The average molecular weight is 796 g/mol. The predicted octanol–water partition coefficient (Wildman–Crippen LogP) is 14.8. The number of allylic oxidation sites excluding steroid dienone is 4. The van der Waals surface area contributed by atoms with Crippen LogP contribution in [0.5, 0.6) is 0 Å². The molecule has 0 aromatic heterocycles. The molecule has 5 heteroatoms. The quantitative estimate of drug-likeness (QED) is 0.0366. The van der Waals surface area contributed by atoms with Crippen molar-refractivity contribution in [3.63, 3.8) is 0 Å². The Morgan fingerprint density at radius 1 is 0.439 bits per heavy atom. The minimum Gasteiger partial charge on any atom is -0.389 e. The second-order valence-corrected chi connectivity index (χ2v) is 17.1. The topological polar surface area (TPSA) is 51.4 Å². The summed E-state index contributed by atoms with van der Waals surface area (Å²) in [5.74, 6) is 0. The molecule has 0 aromatic rings. The van der Waals surface area contributed by atoms with Crippen LogP contribution in [0.1, 0.15) is 226 Å². The molecular formula is C52H101N5. The molecule has 0 aromatic carbocycles. The van der Waals surface area contributed by atoms with E-state index in [1.807, 2.05) is 13.8 Å². The van der Waals surface area contributed by atoms with Gasteiger partial charge in [0.15, 0.2) is 0 Å². The molecular weight excluding hydrogens is 695 g/mol. The van der Waals surface area contributed by atoms with Crippen molar-refractivity contribution >= 4 is 0 Å². The van der Waals surface area contributed by atoms with Gasteiger partial charge in [0, 0.05) is 62.1 Å². The van der Waals surface area contributed by atoms with Crippen LogP contribution in [0.15, 0.2) is 61.3 Å². The lowest BCUT2D eigenvalue weighted by Crippen LogP contribution is -2.36. The zero-order chi connectivity index (χ0) is 41.9. The van der Waals surface area contributed by atoms with Crippen LogP contribution < -0.4 is 21.3 Å². The van der Waals surface area contributed by atoms with Gasteiger partial charge in [-0.15, -0.1) is 0 Å². The van der Waals surface area contributed by atoms with Crippen LogP contribution in [0.25, 0.3) is 0 Å².